The van der Waals surface area contributed by atoms with E-state index in [0.717, 1.165) is 4.88 Å². The summed E-state index contributed by atoms with van der Waals surface area (Å²) in [4.78, 5) is 13.5. The second-order valence-corrected chi connectivity index (χ2v) is 3.72. The van der Waals surface area contributed by atoms with Crippen LogP contribution >= 0.6 is 11.3 Å². The fourth-order valence-corrected chi connectivity index (χ4v) is 1.29. The lowest BCUT2D eigenvalue weighted by molar-refractivity contribution is 0.172. The fourth-order valence-electron chi connectivity index (χ4n) is 0.665. The summed E-state index contributed by atoms with van der Waals surface area (Å²) in [5, 5.41) is 1.90. The second kappa shape index (κ2) is 3.58. The quantitative estimate of drug-likeness (QED) is 0.670. The number of ether oxygens (including phenoxy) is 1. The summed E-state index contributed by atoms with van der Waals surface area (Å²) in [7, 11) is 3.31. The number of rotatable bonds is 1. The molecule has 1 amide bonds. The molecule has 1 rings (SSSR count). The van der Waals surface area contributed by atoms with E-state index in [1.54, 1.807) is 31.5 Å². The smallest absolute Gasteiger partial charge is 0.409 e. The van der Waals surface area contributed by atoms with Crippen molar-refractivity contribution in [2.45, 2.75) is 6.92 Å². The molecule has 0 spiro atoms. The van der Waals surface area contributed by atoms with Crippen molar-refractivity contribution in [3.63, 3.8) is 0 Å². The molecule has 0 radical (unpaired) electrons. The molecular formula is C8H11NO2S. The molecule has 66 valence electrons. The maximum Gasteiger partial charge on any atom is 0.414 e. The highest BCUT2D eigenvalue weighted by atomic mass is 32.1. The lowest BCUT2D eigenvalue weighted by Gasteiger charge is -2.09. The maximum absolute atomic E-state index is 11.1. The van der Waals surface area contributed by atoms with Crippen LogP contribution in [0.15, 0.2) is 11.4 Å². The Morgan fingerprint density at radius 3 is 2.67 bits per heavy atom. The molecule has 0 aromatic carbocycles. The molecule has 1 aromatic rings. The van der Waals surface area contributed by atoms with Crippen molar-refractivity contribution in [3.8, 4) is 5.75 Å². The predicted molar refractivity (Wildman–Crippen MR) is 48.8 cm³/mol. The summed E-state index contributed by atoms with van der Waals surface area (Å²) in [5.74, 6) is 0.652. The monoisotopic (exact) mass is 185 g/mol. The van der Waals surface area contributed by atoms with E-state index in [9.17, 15) is 4.79 Å². The molecule has 0 aliphatic heterocycles. The van der Waals surface area contributed by atoms with E-state index in [4.69, 9.17) is 4.74 Å². The minimum Gasteiger partial charge on any atom is -0.409 e. The van der Waals surface area contributed by atoms with Crippen LogP contribution in [0.1, 0.15) is 4.88 Å². The van der Waals surface area contributed by atoms with Gasteiger partial charge in [0.15, 0.2) is 0 Å². The van der Waals surface area contributed by atoms with E-state index in [1.807, 2.05) is 12.3 Å². The van der Waals surface area contributed by atoms with Gasteiger partial charge in [0.1, 0.15) is 5.75 Å². The first-order valence-electron chi connectivity index (χ1n) is 3.54. The van der Waals surface area contributed by atoms with E-state index in [0.29, 0.717) is 5.75 Å². The molecule has 0 N–H and O–H groups in total. The van der Waals surface area contributed by atoms with Crippen LogP contribution in [0.25, 0.3) is 0 Å². The predicted octanol–water partition coefficient (Wildman–Crippen LogP) is 2.12. The van der Waals surface area contributed by atoms with E-state index >= 15 is 0 Å². The molecule has 0 atom stereocenters. The van der Waals surface area contributed by atoms with Crippen molar-refractivity contribution >= 4 is 17.4 Å². The number of amides is 1. The van der Waals surface area contributed by atoms with Gasteiger partial charge < -0.3 is 9.64 Å². The van der Waals surface area contributed by atoms with Crippen LogP contribution in [0.3, 0.4) is 0 Å². The SMILES string of the molecule is Cc1sccc1OC(=O)N(C)C. The van der Waals surface area contributed by atoms with Crippen LogP contribution in [0.2, 0.25) is 0 Å². The van der Waals surface area contributed by atoms with Crippen molar-refractivity contribution in [1.29, 1.82) is 0 Å². The molecule has 12 heavy (non-hydrogen) atoms. The highest BCUT2D eigenvalue weighted by molar-refractivity contribution is 7.10. The van der Waals surface area contributed by atoms with Gasteiger partial charge >= 0.3 is 6.09 Å². The molecule has 0 aliphatic rings. The van der Waals surface area contributed by atoms with Crippen LogP contribution in [0.5, 0.6) is 5.75 Å². The Bertz CT molecular complexity index is 280. The number of nitrogens with zero attached hydrogens (tertiary/aromatic N) is 1. The van der Waals surface area contributed by atoms with Gasteiger partial charge in [-0.15, -0.1) is 11.3 Å². The Labute approximate surface area is 75.6 Å². The molecule has 0 unspecified atom stereocenters. The average molecular weight is 185 g/mol. The van der Waals surface area contributed by atoms with Crippen LogP contribution in [-0.2, 0) is 0 Å². The first-order chi connectivity index (χ1) is 5.61. The first-order valence-corrected chi connectivity index (χ1v) is 4.42. The number of carbonyl (C=O) groups excluding carboxylic acids is 1. The molecule has 0 aliphatic carbocycles. The summed E-state index contributed by atoms with van der Waals surface area (Å²) < 4.78 is 5.04. The normalized spacial score (nSPS) is 9.58. The van der Waals surface area contributed by atoms with Gasteiger partial charge in [0.05, 0.1) is 0 Å². The van der Waals surface area contributed by atoms with Gasteiger partial charge in [0.2, 0.25) is 0 Å². The van der Waals surface area contributed by atoms with Crippen LogP contribution in [-0.4, -0.2) is 25.1 Å². The largest absolute Gasteiger partial charge is 0.414 e. The van der Waals surface area contributed by atoms with Crippen molar-refractivity contribution < 1.29 is 9.53 Å². The molecule has 1 aromatic heterocycles. The zero-order valence-corrected chi connectivity index (χ0v) is 8.14. The van der Waals surface area contributed by atoms with Crippen molar-refractivity contribution in [1.82, 2.24) is 4.90 Å². The molecule has 0 bridgehead atoms. The Kier molecular flexibility index (Phi) is 2.70. The first kappa shape index (κ1) is 9.06. The van der Waals surface area contributed by atoms with Crippen molar-refractivity contribution in [3.05, 3.63) is 16.3 Å². The highest BCUT2D eigenvalue weighted by Gasteiger charge is 2.08. The number of aryl methyl sites for hydroxylation is 1. The van der Waals surface area contributed by atoms with Gasteiger partial charge in [0, 0.05) is 19.0 Å². The van der Waals surface area contributed by atoms with Crippen molar-refractivity contribution in [2.75, 3.05) is 14.1 Å². The van der Waals surface area contributed by atoms with Crippen LogP contribution in [0, 0.1) is 6.92 Å². The topological polar surface area (TPSA) is 29.5 Å². The molecule has 1 heterocycles. The van der Waals surface area contributed by atoms with Gasteiger partial charge in [-0.05, 0) is 18.4 Å². The average Bonchev–Trinajstić information content (AvgIpc) is 2.36. The van der Waals surface area contributed by atoms with Gasteiger partial charge in [-0.25, -0.2) is 4.79 Å². The maximum atomic E-state index is 11.1. The lowest BCUT2D eigenvalue weighted by atomic mass is 10.5. The third kappa shape index (κ3) is 1.98. The van der Waals surface area contributed by atoms with Gasteiger partial charge in [-0.3, -0.25) is 0 Å². The second-order valence-electron chi connectivity index (χ2n) is 2.60. The molecule has 0 fully saturated rings. The zero-order chi connectivity index (χ0) is 9.14. The summed E-state index contributed by atoms with van der Waals surface area (Å²) >= 11 is 1.56. The fraction of sp³-hybridized carbons (Fsp3) is 0.375. The Morgan fingerprint density at radius 1 is 1.58 bits per heavy atom. The van der Waals surface area contributed by atoms with Gasteiger partial charge in [-0.2, -0.15) is 0 Å². The van der Waals surface area contributed by atoms with E-state index in [2.05, 4.69) is 0 Å². The Balaban J connectivity index is 2.64. The van der Waals surface area contributed by atoms with Gasteiger partial charge in [-0.1, -0.05) is 0 Å². The number of carbonyl (C=O) groups is 1. The summed E-state index contributed by atoms with van der Waals surface area (Å²) in [5.41, 5.74) is 0. The molecule has 0 saturated carbocycles. The van der Waals surface area contributed by atoms with Gasteiger partial charge in [0.25, 0.3) is 0 Å². The lowest BCUT2D eigenvalue weighted by Crippen LogP contribution is -2.25. The van der Waals surface area contributed by atoms with E-state index in [-0.39, 0.29) is 6.09 Å². The van der Waals surface area contributed by atoms with Crippen LogP contribution in [0.4, 0.5) is 4.79 Å². The molecule has 4 heteroatoms. The van der Waals surface area contributed by atoms with E-state index < -0.39 is 0 Å². The third-order valence-corrected chi connectivity index (χ3v) is 2.20. The number of hydrogen-bond acceptors (Lipinski definition) is 3. The van der Waals surface area contributed by atoms with E-state index in [1.165, 1.54) is 4.90 Å². The molecular weight excluding hydrogens is 174 g/mol. The summed E-state index contributed by atoms with van der Waals surface area (Å²) in [6, 6.07) is 1.79. The third-order valence-electron chi connectivity index (χ3n) is 1.37. The molecule has 3 nitrogen and oxygen atoms in total. The minimum absolute atomic E-state index is 0.337. The minimum atomic E-state index is -0.337. The van der Waals surface area contributed by atoms with Crippen molar-refractivity contribution in [2.24, 2.45) is 0 Å². The Morgan fingerprint density at radius 2 is 2.25 bits per heavy atom. The standard InChI is InChI=1S/C8H11NO2S/c1-6-7(4-5-12-6)11-8(10)9(2)3/h4-5H,1-3H3. The number of thiophene rings is 1. The highest BCUT2D eigenvalue weighted by Crippen LogP contribution is 2.23. The summed E-state index contributed by atoms with van der Waals surface area (Å²) in [6.07, 6.45) is -0.337. The summed E-state index contributed by atoms with van der Waals surface area (Å²) in [6.45, 7) is 1.92. The Hall–Kier alpha value is -1.03. The molecule has 0 saturated heterocycles. The van der Waals surface area contributed by atoms with Crippen LogP contribution < -0.4 is 4.74 Å². The zero-order valence-electron chi connectivity index (χ0n) is 7.33. The number of hydrogen-bond donors (Lipinski definition) is 0.